The SMILES string of the molecule is CCOc1ccc(C(C)NC(=O)CN(c2ccccc2CC)S(=O)(=O)c2ccc(C)cc2)cc1. The molecular weight excluding hydrogens is 448 g/mol. The highest BCUT2D eigenvalue weighted by Gasteiger charge is 2.29. The van der Waals surface area contributed by atoms with Gasteiger partial charge in [0.25, 0.3) is 10.0 Å². The van der Waals surface area contributed by atoms with Crippen molar-refractivity contribution < 1.29 is 17.9 Å². The third kappa shape index (κ3) is 5.97. The van der Waals surface area contributed by atoms with Crippen molar-refractivity contribution >= 4 is 21.6 Å². The summed E-state index contributed by atoms with van der Waals surface area (Å²) < 4.78 is 33.9. The van der Waals surface area contributed by atoms with Crippen molar-refractivity contribution in [3.63, 3.8) is 0 Å². The molecule has 0 saturated carbocycles. The topological polar surface area (TPSA) is 75.7 Å². The lowest BCUT2D eigenvalue weighted by Crippen LogP contribution is -2.42. The number of aryl methyl sites for hydroxylation is 2. The Balaban J connectivity index is 1.88. The molecule has 0 spiro atoms. The molecule has 0 fully saturated rings. The molecule has 7 heteroatoms. The highest BCUT2D eigenvalue weighted by atomic mass is 32.2. The van der Waals surface area contributed by atoms with E-state index in [4.69, 9.17) is 4.74 Å². The van der Waals surface area contributed by atoms with Crippen LogP contribution in [0.3, 0.4) is 0 Å². The monoisotopic (exact) mass is 480 g/mol. The minimum absolute atomic E-state index is 0.149. The molecule has 0 aliphatic heterocycles. The summed E-state index contributed by atoms with van der Waals surface area (Å²) in [5, 5.41) is 2.93. The van der Waals surface area contributed by atoms with E-state index in [1.54, 1.807) is 36.4 Å². The summed E-state index contributed by atoms with van der Waals surface area (Å²) in [6.07, 6.45) is 0.639. The average molecular weight is 481 g/mol. The summed E-state index contributed by atoms with van der Waals surface area (Å²) in [5.74, 6) is 0.374. The van der Waals surface area contributed by atoms with E-state index in [9.17, 15) is 13.2 Å². The van der Waals surface area contributed by atoms with Crippen LogP contribution in [0.25, 0.3) is 0 Å². The molecule has 180 valence electrons. The van der Waals surface area contributed by atoms with E-state index in [1.807, 2.05) is 64.1 Å². The lowest BCUT2D eigenvalue weighted by molar-refractivity contribution is -0.120. The molecule has 34 heavy (non-hydrogen) atoms. The van der Waals surface area contributed by atoms with Crippen molar-refractivity contribution in [2.24, 2.45) is 0 Å². The smallest absolute Gasteiger partial charge is 0.264 e. The van der Waals surface area contributed by atoms with E-state index >= 15 is 0 Å². The predicted molar refractivity (Wildman–Crippen MR) is 136 cm³/mol. The Morgan fingerprint density at radius 3 is 2.24 bits per heavy atom. The number of hydrogen-bond acceptors (Lipinski definition) is 4. The highest BCUT2D eigenvalue weighted by molar-refractivity contribution is 7.92. The number of carbonyl (C=O) groups is 1. The molecule has 1 N–H and O–H groups in total. The Morgan fingerprint density at radius 2 is 1.62 bits per heavy atom. The van der Waals surface area contributed by atoms with Gasteiger partial charge in [-0.2, -0.15) is 0 Å². The number of ether oxygens (including phenoxy) is 1. The van der Waals surface area contributed by atoms with Gasteiger partial charge in [-0.15, -0.1) is 0 Å². The molecule has 3 rings (SSSR count). The number of nitrogens with one attached hydrogen (secondary N) is 1. The standard InChI is InChI=1S/C27H32N2O4S/c1-5-22-9-7-8-10-26(22)29(34(31,32)25-17-11-20(3)12-18-25)19-27(30)28-21(4)23-13-15-24(16-14-23)33-6-2/h7-18,21H,5-6,19H2,1-4H3,(H,28,30). The first kappa shape index (κ1) is 25.3. The zero-order valence-corrected chi connectivity index (χ0v) is 20.9. The number of carbonyl (C=O) groups excluding carboxylic acids is 1. The van der Waals surface area contributed by atoms with Gasteiger partial charge in [0.2, 0.25) is 5.91 Å². The van der Waals surface area contributed by atoms with Gasteiger partial charge in [0.05, 0.1) is 23.2 Å². The van der Waals surface area contributed by atoms with E-state index < -0.39 is 10.0 Å². The second-order valence-electron chi connectivity index (χ2n) is 8.10. The molecule has 1 amide bonds. The van der Waals surface area contributed by atoms with Crippen LogP contribution < -0.4 is 14.4 Å². The third-order valence-corrected chi connectivity index (χ3v) is 7.38. The van der Waals surface area contributed by atoms with E-state index in [-0.39, 0.29) is 23.4 Å². The van der Waals surface area contributed by atoms with Gasteiger partial charge in [0.1, 0.15) is 12.3 Å². The molecule has 0 aromatic heterocycles. The van der Waals surface area contributed by atoms with Crippen molar-refractivity contribution in [2.45, 2.75) is 45.1 Å². The molecule has 0 bridgehead atoms. The van der Waals surface area contributed by atoms with Gasteiger partial charge in [0, 0.05) is 0 Å². The summed E-state index contributed by atoms with van der Waals surface area (Å²) in [6, 6.07) is 21.1. The van der Waals surface area contributed by atoms with Crippen LogP contribution in [-0.2, 0) is 21.2 Å². The Kier molecular flexibility index (Phi) is 8.34. The molecule has 6 nitrogen and oxygen atoms in total. The number of sulfonamides is 1. The predicted octanol–water partition coefficient (Wildman–Crippen LogP) is 5.03. The van der Waals surface area contributed by atoms with Crippen LogP contribution in [0, 0.1) is 6.92 Å². The maximum atomic E-state index is 13.6. The summed E-state index contributed by atoms with van der Waals surface area (Å²) >= 11 is 0. The lowest BCUT2D eigenvalue weighted by Gasteiger charge is -2.27. The Hall–Kier alpha value is -3.32. The number of anilines is 1. The fourth-order valence-electron chi connectivity index (χ4n) is 3.71. The van der Waals surface area contributed by atoms with Gasteiger partial charge in [-0.05, 0) is 68.7 Å². The molecule has 3 aromatic carbocycles. The zero-order chi connectivity index (χ0) is 24.7. The van der Waals surface area contributed by atoms with Crippen molar-refractivity contribution in [1.29, 1.82) is 0 Å². The summed E-state index contributed by atoms with van der Waals surface area (Å²) in [6.45, 7) is 7.90. The number of rotatable bonds is 10. The maximum absolute atomic E-state index is 13.6. The largest absolute Gasteiger partial charge is 0.494 e. The van der Waals surface area contributed by atoms with Gasteiger partial charge in [-0.25, -0.2) is 8.42 Å². The lowest BCUT2D eigenvalue weighted by atomic mass is 10.1. The van der Waals surface area contributed by atoms with Crippen LogP contribution in [0.15, 0.2) is 77.7 Å². The maximum Gasteiger partial charge on any atom is 0.264 e. The summed E-state index contributed by atoms with van der Waals surface area (Å²) in [5.41, 5.74) is 3.22. The molecule has 0 saturated heterocycles. The first-order valence-electron chi connectivity index (χ1n) is 11.5. The second kappa shape index (κ2) is 11.2. The minimum Gasteiger partial charge on any atom is -0.494 e. The Bertz CT molecular complexity index is 1210. The molecule has 0 aliphatic rings. The van der Waals surface area contributed by atoms with Crippen molar-refractivity contribution in [3.05, 3.63) is 89.5 Å². The second-order valence-corrected chi connectivity index (χ2v) is 9.96. The fourth-order valence-corrected chi connectivity index (χ4v) is 5.17. The Morgan fingerprint density at radius 1 is 0.971 bits per heavy atom. The Labute approximate surface area is 202 Å². The molecule has 0 aliphatic carbocycles. The molecule has 0 radical (unpaired) electrons. The molecular formula is C27H32N2O4S. The normalized spacial score (nSPS) is 12.1. The highest BCUT2D eigenvalue weighted by Crippen LogP contribution is 2.28. The van der Waals surface area contributed by atoms with E-state index in [0.717, 1.165) is 22.4 Å². The first-order valence-corrected chi connectivity index (χ1v) is 12.9. The average Bonchev–Trinajstić information content (AvgIpc) is 2.83. The van der Waals surface area contributed by atoms with Gasteiger partial charge in [0.15, 0.2) is 0 Å². The van der Waals surface area contributed by atoms with Crippen molar-refractivity contribution in [2.75, 3.05) is 17.5 Å². The number of para-hydroxylation sites is 1. The van der Waals surface area contributed by atoms with Crippen LogP contribution in [0.2, 0.25) is 0 Å². The van der Waals surface area contributed by atoms with Gasteiger partial charge < -0.3 is 10.1 Å². The van der Waals surface area contributed by atoms with Crippen LogP contribution >= 0.6 is 0 Å². The summed E-state index contributed by atoms with van der Waals surface area (Å²) in [7, 11) is -3.95. The summed E-state index contributed by atoms with van der Waals surface area (Å²) in [4.78, 5) is 13.2. The van der Waals surface area contributed by atoms with E-state index in [2.05, 4.69) is 5.32 Å². The van der Waals surface area contributed by atoms with Crippen molar-refractivity contribution in [3.8, 4) is 5.75 Å². The third-order valence-electron chi connectivity index (χ3n) is 5.61. The molecule has 3 aromatic rings. The number of nitrogens with zero attached hydrogens (tertiary/aromatic N) is 1. The first-order chi connectivity index (χ1) is 16.3. The van der Waals surface area contributed by atoms with Gasteiger partial charge in [-0.1, -0.05) is 55.0 Å². The van der Waals surface area contributed by atoms with Crippen LogP contribution in [0.1, 0.15) is 43.5 Å². The zero-order valence-electron chi connectivity index (χ0n) is 20.1. The molecule has 1 atom stereocenters. The van der Waals surface area contributed by atoms with E-state index in [1.165, 1.54) is 4.31 Å². The number of benzene rings is 3. The molecule has 1 unspecified atom stereocenters. The van der Waals surface area contributed by atoms with Crippen LogP contribution in [-0.4, -0.2) is 27.5 Å². The van der Waals surface area contributed by atoms with Crippen LogP contribution in [0.5, 0.6) is 5.75 Å². The van der Waals surface area contributed by atoms with Gasteiger partial charge >= 0.3 is 0 Å². The quantitative estimate of drug-likeness (QED) is 0.442. The number of amides is 1. The van der Waals surface area contributed by atoms with Gasteiger partial charge in [-0.3, -0.25) is 9.10 Å². The van der Waals surface area contributed by atoms with Crippen molar-refractivity contribution in [1.82, 2.24) is 5.32 Å². The fraction of sp³-hybridized carbons (Fsp3) is 0.296. The van der Waals surface area contributed by atoms with E-state index in [0.29, 0.717) is 18.7 Å². The molecule has 0 heterocycles. The van der Waals surface area contributed by atoms with Crippen LogP contribution in [0.4, 0.5) is 5.69 Å². The minimum atomic E-state index is -3.95. The number of hydrogen-bond donors (Lipinski definition) is 1.